The first-order valence-electron chi connectivity index (χ1n) is 9.80. The highest BCUT2D eigenvalue weighted by Crippen LogP contribution is 2.22. The van der Waals surface area contributed by atoms with Gasteiger partial charge in [-0.05, 0) is 56.1 Å². The summed E-state index contributed by atoms with van der Waals surface area (Å²) >= 11 is 0. The van der Waals surface area contributed by atoms with E-state index in [1.54, 1.807) is 0 Å². The summed E-state index contributed by atoms with van der Waals surface area (Å²) in [6, 6.07) is 18.3. The lowest BCUT2D eigenvalue weighted by Crippen LogP contribution is -2.38. The summed E-state index contributed by atoms with van der Waals surface area (Å²) in [5, 5.41) is 6.49. The zero-order valence-corrected chi connectivity index (χ0v) is 16.8. The second-order valence-electron chi connectivity index (χ2n) is 7.20. The Kier molecular flexibility index (Phi) is 7.06. The van der Waals surface area contributed by atoms with Gasteiger partial charge in [0.15, 0.2) is 0 Å². The number of nitrogens with one attached hydrogen (secondary N) is 2. The predicted octanol–water partition coefficient (Wildman–Crippen LogP) is 3.50. The van der Waals surface area contributed by atoms with Crippen LogP contribution in [0.3, 0.4) is 0 Å². The highest BCUT2D eigenvalue weighted by atomic mass is 35.5. The number of rotatable bonds is 6. The molecule has 6 heteroatoms. The molecular formula is C22H27ClN4O. The van der Waals surface area contributed by atoms with Crippen molar-refractivity contribution in [2.45, 2.75) is 25.7 Å². The van der Waals surface area contributed by atoms with Crippen LogP contribution in [0.4, 0.5) is 0 Å². The van der Waals surface area contributed by atoms with Crippen molar-refractivity contribution in [3.8, 4) is 5.69 Å². The van der Waals surface area contributed by atoms with Gasteiger partial charge in [0.05, 0.1) is 11.0 Å². The summed E-state index contributed by atoms with van der Waals surface area (Å²) < 4.78 is 2.16. The zero-order chi connectivity index (χ0) is 18.5. The molecule has 148 valence electrons. The van der Waals surface area contributed by atoms with Crippen LogP contribution in [0, 0.1) is 5.92 Å². The van der Waals surface area contributed by atoms with Crippen LogP contribution in [0.2, 0.25) is 0 Å². The molecule has 1 unspecified atom stereocenters. The predicted molar refractivity (Wildman–Crippen MR) is 115 cm³/mol. The van der Waals surface area contributed by atoms with Gasteiger partial charge in [-0.1, -0.05) is 30.3 Å². The standard InChI is InChI=1S/C22H26N4O.ClH/c27-22(24-16-17-7-6-14-23-15-17)13-12-21-25-19-10-4-5-11-20(19)26(21)18-8-2-1-3-9-18;/h1-5,8-11,17,23H,6-7,12-16H2,(H,24,27);1H. The molecule has 28 heavy (non-hydrogen) atoms. The van der Waals surface area contributed by atoms with E-state index in [1.807, 2.05) is 36.4 Å². The summed E-state index contributed by atoms with van der Waals surface area (Å²) in [7, 11) is 0. The van der Waals surface area contributed by atoms with Crippen LogP contribution in [-0.4, -0.2) is 35.1 Å². The molecule has 1 amide bonds. The Balaban J connectivity index is 0.00000225. The number of imidazole rings is 1. The maximum absolute atomic E-state index is 12.4. The van der Waals surface area contributed by atoms with Crippen LogP contribution in [-0.2, 0) is 11.2 Å². The number of fused-ring (bicyclic) bond motifs is 1. The maximum Gasteiger partial charge on any atom is 0.220 e. The fraction of sp³-hybridized carbons (Fsp3) is 0.364. The monoisotopic (exact) mass is 398 g/mol. The summed E-state index contributed by atoms with van der Waals surface area (Å²) in [4.78, 5) is 17.1. The Morgan fingerprint density at radius 3 is 2.71 bits per heavy atom. The van der Waals surface area contributed by atoms with E-state index in [0.29, 0.717) is 18.8 Å². The molecule has 2 aromatic carbocycles. The van der Waals surface area contributed by atoms with Crippen molar-refractivity contribution in [3.05, 3.63) is 60.4 Å². The lowest BCUT2D eigenvalue weighted by atomic mass is 10.00. The summed E-state index contributed by atoms with van der Waals surface area (Å²) in [5.74, 6) is 1.58. The van der Waals surface area contributed by atoms with E-state index in [9.17, 15) is 4.79 Å². The van der Waals surface area contributed by atoms with Crippen molar-refractivity contribution in [2.75, 3.05) is 19.6 Å². The Morgan fingerprint density at radius 2 is 1.93 bits per heavy atom. The fourth-order valence-corrected chi connectivity index (χ4v) is 3.78. The Hall–Kier alpha value is -2.37. The highest BCUT2D eigenvalue weighted by Gasteiger charge is 2.16. The molecule has 5 nitrogen and oxygen atoms in total. The Labute approximate surface area is 172 Å². The average Bonchev–Trinajstić information content (AvgIpc) is 3.10. The number of piperidine rings is 1. The number of carbonyl (C=O) groups is 1. The van der Waals surface area contributed by atoms with Crippen LogP contribution in [0.5, 0.6) is 0 Å². The van der Waals surface area contributed by atoms with Gasteiger partial charge in [0.2, 0.25) is 5.91 Å². The fourth-order valence-electron chi connectivity index (χ4n) is 3.78. The molecule has 1 atom stereocenters. The van der Waals surface area contributed by atoms with Crippen molar-refractivity contribution >= 4 is 29.3 Å². The van der Waals surface area contributed by atoms with Gasteiger partial charge in [0.1, 0.15) is 5.82 Å². The van der Waals surface area contributed by atoms with Crippen molar-refractivity contribution < 1.29 is 4.79 Å². The first-order valence-corrected chi connectivity index (χ1v) is 9.80. The van der Waals surface area contributed by atoms with Crippen LogP contribution < -0.4 is 10.6 Å². The minimum atomic E-state index is 0. The molecular weight excluding hydrogens is 372 g/mol. The molecule has 0 aliphatic carbocycles. The average molecular weight is 399 g/mol. The number of nitrogens with zero attached hydrogens (tertiary/aromatic N) is 2. The number of para-hydroxylation sites is 3. The lowest BCUT2D eigenvalue weighted by Gasteiger charge is -2.22. The minimum Gasteiger partial charge on any atom is -0.356 e. The van der Waals surface area contributed by atoms with Crippen LogP contribution in [0.1, 0.15) is 25.1 Å². The lowest BCUT2D eigenvalue weighted by molar-refractivity contribution is -0.121. The summed E-state index contributed by atoms with van der Waals surface area (Å²) in [5.41, 5.74) is 3.12. The van der Waals surface area contributed by atoms with E-state index < -0.39 is 0 Å². The van der Waals surface area contributed by atoms with Gasteiger partial charge in [-0.25, -0.2) is 4.98 Å². The molecule has 1 aliphatic heterocycles. The molecule has 2 N–H and O–H groups in total. The minimum absolute atomic E-state index is 0. The van der Waals surface area contributed by atoms with Crippen molar-refractivity contribution in [1.82, 2.24) is 20.2 Å². The number of halogens is 1. The number of hydrogen-bond donors (Lipinski definition) is 2. The first kappa shape index (κ1) is 20.4. The van der Waals surface area contributed by atoms with E-state index in [2.05, 4.69) is 33.4 Å². The molecule has 0 bridgehead atoms. The molecule has 3 aromatic rings. The van der Waals surface area contributed by atoms with Crippen LogP contribution in [0.15, 0.2) is 54.6 Å². The van der Waals surface area contributed by atoms with Gasteiger partial charge in [0.25, 0.3) is 0 Å². The number of carbonyl (C=O) groups excluding carboxylic acids is 1. The third kappa shape index (κ3) is 4.72. The van der Waals surface area contributed by atoms with Crippen LogP contribution >= 0.6 is 12.4 Å². The molecule has 2 heterocycles. The van der Waals surface area contributed by atoms with E-state index in [0.717, 1.165) is 42.2 Å². The SMILES string of the molecule is Cl.O=C(CCc1nc2ccccc2n1-c1ccccc1)NCC1CCCNC1. The molecule has 1 fully saturated rings. The third-order valence-corrected chi connectivity index (χ3v) is 5.21. The Morgan fingerprint density at radius 1 is 1.14 bits per heavy atom. The van der Waals surface area contributed by atoms with Gasteiger partial charge in [0, 0.05) is 25.1 Å². The molecule has 1 aromatic heterocycles. The van der Waals surface area contributed by atoms with E-state index >= 15 is 0 Å². The first-order chi connectivity index (χ1) is 13.3. The second-order valence-corrected chi connectivity index (χ2v) is 7.20. The quantitative estimate of drug-likeness (QED) is 0.668. The normalized spacial score (nSPS) is 16.5. The topological polar surface area (TPSA) is 59.0 Å². The molecule has 0 radical (unpaired) electrons. The largest absolute Gasteiger partial charge is 0.356 e. The molecule has 4 rings (SSSR count). The zero-order valence-electron chi connectivity index (χ0n) is 15.9. The van der Waals surface area contributed by atoms with Crippen molar-refractivity contribution in [3.63, 3.8) is 0 Å². The van der Waals surface area contributed by atoms with E-state index in [1.165, 1.54) is 12.8 Å². The van der Waals surface area contributed by atoms with Crippen molar-refractivity contribution in [2.24, 2.45) is 5.92 Å². The molecule has 1 aliphatic rings. The second kappa shape index (κ2) is 9.71. The number of aryl methyl sites for hydroxylation is 1. The number of aromatic nitrogens is 2. The number of benzene rings is 2. The summed E-state index contributed by atoms with van der Waals surface area (Å²) in [6.07, 6.45) is 3.47. The van der Waals surface area contributed by atoms with E-state index in [-0.39, 0.29) is 18.3 Å². The van der Waals surface area contributed by atoms with E-state index in [4.69, 9.17) is 4.98 Å². The smallest absolute Gasteiger partial charge is 0.220 e. The van der Waals surface area contributed by atoms with Crippen LogP contribution in [0.25, 0.3) is 16.7 Å². The highest BCUT2D eigenvalue weighted by molar-refractivity contribution is 5.85. The number of hydrogen-bond acceptors (Lipinski definition) is 3. The Bertz CT molecular complexity index is 903. The van der Waals surface area contributed by atoms with Gasteiger partial charge >= 0.3 is 0 Å². The van der Waals surface area contributed by atoms with Crippen molar-refractivity contribution in [1.29, 1.82) is 0 Å². The maximum atomic E-state index is 12.4. The molecule has 1 saturated heterocycles. The van der Waals surface area contributed by atoms with Gasteiger partial charge in [-0.3, -0.25) is 9.36 Å². The van der Waals surface area contributed by atoms with Gasteiger partial charge in [-0.15, -0.1) is 12.4 Å². The molecule has 0 saturated carbocycles. The van der Waals surface area contributed by atoms with Gasteiger partial charge < -0.3 is 10.6 Å². The van der Waals surface area contributed by atoms with Gasteiger partial charge in [-0.2, -0.15) is 0 Å². The third-order valence-electron chi connectivity index (χ3n) is 5.21. The number of amides is 1. The summed E-state index contributed by atoms with van der Waals surface area (Å²) in [6.45, 7) is 2.87. The molecule has 0 spiro atoms.